The van der Waals surface area contributed by atoms with E-state index in [1.807, 2.05) is 0 Å². The standard InChI is InChI=1S/C9H18N2O3S2/c1-3-14-9(13)8(11-7(2)12)6-16-15-5-4-10/h8H,3-6,10H2,1-2H3,(H,11,12)/t8-/m0/s1/i5D2. The fourth-order valence-corrected chi connectivity index (χ4v) is 2.48. The molecule has 0 aromatic heterocycles. The van der Waals surface area contributed by atoms with Crippen molar-refractivity contribution in [3.05, 3.63) is 0 Å². The zero-order valence-corrected chi connectivity index (χ0v) is 11.0. The van der Waals surface area contributed by atoms with E-state index in [-0.39, 0.29) is 24.8 Å². The number of nitrogens with two attached hydrogens (primary N) is 1. The van der Waals surface area contributed by atoms with Gasteiger partial charge in [-0.05, 0) is 6.92 Å². The van der Waals surface area contributed by atoms with Gasteiger partial charge in [0.05, 0.1) is 6.61 Å². The number of carbonyl (C=O) groups excluding carboxylic acids is 2. The van der Waals surface area contributed by atoms with Gasteiger partial charge in [-0.15, -0.1) is 0 Å². The summed E-state index contributed by atoms with van der Waals surface area (Å²) in [6.45, 7) is 3.10. The fourth-order valence-electron chi connectivity index (χ4n) is 0.835. The number of amides is 1. The van der Waals surface area contributed by atoms with Gasteiger partial charge in [0.1, 0.15) is 6.04 Å². The molecule has 0 radical (unpaired) electrons. The third-order valence-corrected chi connectivity index (χ3v) is 3.37. The molecule has 0 aliphatic carbocycles. The maximum atomic E-state index is 11.5. The lowest BCUT2D eigenvalue weighted by Crippen LogP contribution is -2.42. The molecular formula is C9H18N2O3S2. The Morgan fingerprint density at radius 2 is 2.25 bits per heavy atom. The lowest BCUT2D eigenvalue weighted by molar-refractivity contribution is -0.146. The van der Waals surface area contributed by atoms with E-state index in [0.717, 1.165) is 21.6 Å². The van der Waals surface area contributed by atoms with Crippen LogP contribution < -0.4 is 11.1 Å². The molecule has 0 spiro atoms. The number of nitrogens with one attached hydrogen (secondary N) is 1. The normalized spacial score (nSPS) is 14.7. The first kappa shape index (κ1) is 12.1. The molecule has 0 unspecified atom stereocenters. The van der Waals surface area contributed by atoms with Crippen molar-refractivity contribution < 1.29 is 17.1 Å². The van der Waals surface area contributed by atoms with E-state index >= 15 is 0 Å². The molecule has 0 saturated heterocycles. The monoisotopic (exact) mass is 268 g/mol. The van der Waals surface area contributed by atoms with Gasteiger partial charge in [-0.1, -0.05) is 21.6 Å². The Labute approximate surface area is 106 Å². The Morgan fingerprint density at radius 3 is 2.75 bits per heavy atom. The van der Waals surface area contributed by atoms with Crippen LogP contribution in [-0.4, -0.2) is 42.5 Å². The summed E-state index contributed by atoms with van der Waals surface area (Å²) in [6, 6.07) is -0.770. The van der Waals surface area contributed by atoms with Crippen LogP contribution in [0.2, 0.25) is 0 Å². The highest BCUT2D eigenvalue weighted by molar-refractivity contribution is 8.76. The highest BCUT2D eigenvalue weighted by atomic mass is 33.1. The molecule has 0 rings (SSSR count). The molecule has 94 valence electrons. The fraction of sp³-hybridized carbons (Fsp3) is 0.778. The number of hydrogen-bond donors (Lipinski definition) is 2. The van der Waals surface area contributed by atoms with Crippen molar-refractivity contribution in [1.29, 1.82) is 0 Å². The maximum Gasteiger partial charge on any atom is 0.329 e. The van der Waals surface area contributed by atoms with Crippen molar-refractivity contribution in [2.24, 2.45) is 5.73 Å². The molecule has 7 heteroatoms. The Balaban J connectivity index is 4.25. The van der Waals surface area contributed by atoms with Crippen LogP contribution in [0.1, 0.15) is 16.6 Å². The predicted molar refractivity (Wildman–Crippen MR) is 68.2 cm³/mol. The first-order valence-corrected chi connectivity index (χ1v) is 7.08. The topological polar surface area (TPSA) is 81.4 Å². The molecule has 0 saturated carbocycles. The molecule has 0 bridgehead atoms. The van der Waals surface area contributed by atoms with E-state index in [1.54, 1.807) is 6.92 Å². The lowest BCUT2D eigenvalue weighted by Gasteiger charge is -2.15. The molecule has 0 aliphatic rings. The van der Waals surface area contributed by atoms with Gasteiger partial charge in [0.15, 0.2) is 0 Å². The van der Waals surface area contributed by atoms with Gasteiger partial charge in [0.25, 0.3) is 0 Å². The second-order valence-electron chi connectivity index (χ2n) is 2.72. The second kappa shape index (κ2) is 9.80. The molecule has 0 aliphatic heterocycles. The highest BCUT2D eigenvalue weighted by Crippen LogP contribution is 2.21. The van der Waals surface area contributed by atoms with Crippen molar-refractivity contribution >= 4 is 33.5 Å². The van der Waals surface area contributed by atoms with E-state index < -0.39 is 17.7 Å². The molecular weight excluding hydrogens is 248 g/mol. The Morgan fingerprint density at radius 1 is 1.56 bits per heavy atom. The van der Waals surface area contributed by atoms with Gasteiger partial charge in [-0.25, -0.2) is 4.79 Å². The Kier molecular flexibility index (Phi) is 7.39. The van der Waals surface area contributed by atoms with Crippen LogP contribution in [0.3, 0.4) is 0 Å². The average molecular weight is 268 g/mol. The molecule has 0 fully saturated rings. The van der Waals surface area contributed by atoms with Crippen LogP contribution in [0.4, 0.5) is 0 Å². The third-order valence-electron chi connectivity index (χ3n) is 1.38. The molecule has 0 aromatic carbocycles. The first-order chi connectivity index (χ1) is 8.32. The average Bonchev–Trinajstić information content (AvgIpc) is 2.27. The summed E-state index contributed by atoms with van der Waals surface area (Å²) in [4.78, 5) is 22.5. The van der Waals surface area contributed by atoms with E-state index in [0.29, 0.717) is 0 Å². The van der Waals surface area contributed by atoms with Gasteiger partial charge in [0.2, 0.25) is 5.91 Å². The second-order valence-corrected chi connectivity index (χ2v) is 4.95. The molecule has 3 N–H and O–H groups in total. The van der Waals surface area contributed by atoms with Gasteiger partial charge < -0.3 is 15.8 Å². The zero-order chi connectivity index (χ0) is 14.2. The number of carbonyl (C=O) groups is 2. The van der Waals surface area contributed by atoms with Crippen LogP contribution in [0.15, 0.2) is 0 Å². The molecule has 0 heterocycles. The maximum absolute atomic E-state index is 11.5. The summed E-state index contributed by atoms with van der Waals surface area (Å²) in [5.41, 5.74) is 3.69. The lowest BCUT2D eigenvalue weighted by atomic mass is 10.3. The summed E-state index contributed by atoms with van der Waals surface area (Å²) in [7, 11) is 2.07. The summed E-state index contributed by atoms with van der Waals surface area (Å²) < 4.78 is 19.7. The largest absolute Gasteiger partial charge is 0.464 e. The van der Waals surface area contributed by atoms with E-state index in [1.165, 1.54) is 6.92 Å². The van der Waals surface area contributed by atoms with E-state index in [2.05, 4.69) is 5.32 Å². The molecule has 1 atom stereocenters. The smallest absolute Gasteiger partial charge is 0.329 e. The van der Waals surface area contributed by atoms with E-state index in [4.69, 9.17) is 13.2 Å². The van der Waals surface area contributed by atoms with Crippen LogP contribution in [0.5, 0.6) is 0 Å². The van der Waals surface area contributed by atoms with Gasteiger partial charge in [0, 0.05) is 27.7 Å². The quantitative estimate of drug-likeness (QED) is 0.490. The summed E-state index contributed by atoms with van der Waals surface area (Å²) >= 11 is 0. The Hall–Kier alpha value is -0.400. The SMILES string of the molecule is [2H]C([2H])(CN)SSC[C@H](NC(C)=O)C(=O)OCC. The highest BCUT2D eigenvalue weighted by Gasteiger charge is 2.20. The Bertz CT molecular complexity index is 293. The van der Waals surface area contributed by atoms with Crippen molar-refractivity contribution in [3.8, 4) is 0 Å². The van der Waals surface area contributed by atoms with Crippen molar-refractivity contribution in [2.75, 3.05) is 24.6 Å². The summed E-state index contributed by atoms with van der Waals surface area (Å²) in [5.74, 6) is -0.627. The van der Waals surface area contributed by atoms with Gasteiger partial charge >= 0.3 is 5.97 Å². The van der Waals surface area contributed by atoms with Gasteiger partial charge in [-0.3, -0.25) is 4.79 Å². The minimum Gasteiger partial charge on any atom is -0.464 e. The summed E-state index contributed by atoms with van der Waals surface area (Å²) in [5, 5.41) is 2.47. The molecule has 16 heavy (non-hydrogen) atoms. The zero-order valence-electron chi connectivity index (χ0n) is 11.3. The minimum atomic E-state index is -1.56. The van der Waals surface area contributed by atoms with E-state index in [9.17, 15) is 9.59 Å². The number of hydrogen-bond acceptors (Lipinski definition) is 6. The van der Waals surface area contributed by atoms with Crippen LogP contribution in [0.25, 0.3) is 0 Å². The van der Waals surface area contributed by atoms with Crippen molar-refractivity contribution in [2.45, 2.75) is 19.9 Å². The number of esters is 1. The van der Waals surface area contributed by atoms with Crippen LogP contribution in [-0.2, 0) is 14.3 Å². The molecule has 0 aromatic rings. The third kappa shape index (κ3) is 7.84. The first-order valence-electron chi connectivity index (χ1n) is 5.77. The number of ether oxygens (including phenoxy) is 1. The predicted octanol–water partition coefficient (Wildman–Crippen LogP) is 0.394. The van der Waals surface area contributed by atoms with Gasteiger partial charge in [-0.2, -0.15) is 0 Å². The number of rotatable bonds is 8. The van der Waals surface area contributed by atoms with Crippen molar-refractivity contribution in [1.82, 2.24) is 5.32 Å². The van der Waals surface area contributed by atoms with Crippen LogP contribution >= 0.6 is 21.6 Å². The molecule has 1 amide bonds. The summed E-state index contributed by atoms with van der Waals surface area (Å²) in [6.07, 6.45) is 0. The molecule has 5 nitrogen and oxygen atoms in total. The van der Waals surface area contributed by atoms with Crippen LogP contribution in [0, 0.1) is 0 Å². The minimum absolute atomic E-state index is 0.116. The van der Waals surface area contributed by atoms with Crippen molar-refractivity contribution in [3.63, 3.8) is 0 Å².